The number of ether oxygens (including phenoxy) is 2. The Morgan fingerprint density at radius 2 is 1.52 bits per heavy atom. The van der Waals surface area contributed by atoms with Crippen molar-refractivity contribution in [3.8, 4) is 11.5 Å². The third-order valence-electron chi connectivity index (χ3n) is 4.44. The van der Waals surface area contributed by atoms with Crippen molar-refractivity contribution in [1.82, 2.24) is 4.90 Å². The molecule has 21 heavy (non-hydrogen) atoms. The molecule has 2 rings (SSSR count). The second-order valence-corrected chi connectivity index (χ2v) is 5.93. The first-order valence-electron chi connectivity index (χ1n) is 8.21. The minimum Gasteiger partial charge on any atom is -0.493 e. The van der Waals surface area contributed by atoms with Crippen LogP contribution in [0.1, 0.15) is 44.2 Å². The fraction of sp³-hybridized carbons (Fsp3) is 0.667. The SMILES string of the molecule is CCCCN(CCC)C1Cc2cc(OC)c(OC)cc2C1. The zero-order valence-electron chi connectivity index (χ0n) is 13.9. The van der Waals surface area contributed by atoms with E-state index in [1.165, 1.54) is 43.5 Å². The van der Waals surface area contributed by atoms with Crippen LogP contribution in [-0.4, -0.2) is 38.3 Å². The second kappa shape index (κ2) is 7.69. The third-order valence-corrected chi connectivity index (χ3v) is 4.44. The van der Waals surface area contributed by atoms with Crippen LogP contribution in [0.5, 0.6) is 11.5 Å². The molecule has 0 amide bonds. The normalized spacial score (nSPS) is 14.5. The molecule has 0 saturated heterocycles. The Kier molecular flexibility index (Phi) is 5.92. The smallest absolute Gasteiger partial charge is 0.161 e. The summed E-state index contributed by atoms with van der Waals surface area (Å²) in [4.78, 5) is 2.67. The molecular formula is C18H29NO2. The Morgan fingerprint density at radius 3 is 1.95 bits per heavy atom. The van der Waals surface area contributed by atoms with Crippen molar-refractivity contribution >= 4 is 0 Å². The zero-order chi connectivity index (χ0) is 15.2. The molecule has 0 saturated carbocycles. The van der Waals surface area contributed by atoms with Gasteiger partial charge in [0.05, 0.1) is 14.2 Å². The summed E-state index contributed by atoms with van der Waals surface area (Å²) in [6.07, 6.45) is 6.06. The molecule has 0 radical (unpaired) electrons. The van der Waals surface area contributed by atoms with Gasteiger partial charge in [-0.2, -0.15) is 0 Å². The van der Waals surface area contributed by atoms with E-state index in [0.29, 0.717) is 6.04 Å². The molecular weight excluding hydrogens is 262 g/mol. The van der Waals surface area contributed by atoms with Gasteiger partial charge in [0, 0.05) is 6.04 Å². The fourth-order valence-corrected chi connectivity index (χ4v) is 3.31. The number of hydrogen-bond donors (Lipinski definition) is 0. The largest absolute Gasteiger partial charge is 0.493 e. The van der Waals surface area contributed by atoms with Crippen LogP contribution in [0.2, 0.25) is 0 Å². The molecule has 0 fully saturated rings. The highest BCUT2D eigenvalue weighted by Crippen LogP contribution is 2.36. The van der Waals surface area contributed by atoms with Crippen LogP contribution in [0.4, 0.5) is 0 Å². The maximum absolute atomic E-state index is 5.43. The van der Waals surface area contributed by atoms with E-state index in [0.717, 1.165) is 24.3 Å². The van der Waals surface area contributed by atoms with Crippen LogP contribution in [-0.2, 0) is 12.8 Å². The van der Waals surface area contributed by atoms with Gasteiger partial charge in [0.15, 0.2) is 11.5 Å². The van der Waals surface area contributed by atoms with Crippen LogP contribution in [0, 0.1) is 0 Å². The lowest BCUT2D eigenvalue weighted by Gasteiger charge is -2.28. The van der Waals surface area contributed by atoms with Crippen molar-refractivity contribution in [3.63, 3.8) is 0 Å². The van der Waals surface area contributed by atoms with Crippen LogP contribution >= 0.6 is 0 Å². The summed E-state index contributed by atoms with van der Waals surface area (Å²) >= 11 is 0. The molecule has 0 heterocycles. The molecule has 0 spiro atoms. The van der Waals surface area contributed by atoms with Crippen molar-refractivity contribution in [2.45, 2.75) is 52.0 Å². The van der Waals surface area contributed by atoms with E-state index in [9.17, 15) is 0 Å². The van der Waals surface area contributed by atoms with Crippen molar-refractivity contribution in [2.75, 3.05) is 27.3 Å². The summed E-state index contributed by atoms with van der Waals surface area (Å²) in [6, 6.07) is 4.97. The van der Waals surface area contributed by atoms with Gasteiger partial charge in [-0.25, -0.2) is 0 Å². The highest BCUT2D eigenvalue weighted by molar-refractivity contribution is 5.49. The van der Waals surface area contributed by atoms with Crippen molar-refractivity contribution in [1.29, 1.82) is 0 Å². The first-order chi connectivity index (χ1) is 10.2. The lowest BCUT2D eigenvalue weighted by molar-refractivity contribution is 0.198. The molecule has 118 valence electrons. The van der Waals surface area contributed by atoms with Crippen molar-refractivity contribution < 1.29 is 9.47 Å². The van der Waals surface area contributed by atoms with Crippen LogP contribution in [0.15, 0.2) is 12.1 Å². The van der Waals surface area contributed by atoms with E-state index in [1.54, 1.807) is 14.2 Å². The molecule has 0 atom stereocenters. The average Bonchev–Trinajstić information content (AvgIpc) is 2.92. The molecule has 1 aromatic rings. The minimum atomic E-state index is 0.642. The minimum absolute atomic E-state index is 0.642. The summed E-state index contributed by atoms with van der Waals surface area (Å²) < 4.78 is 10.9. The Balaban J connectivity index is 2.13. The van der Waals surface area contributed by atoms with Gasteiger partial charge >= 0.3 is 0 Å². The highest BCUT2D eigenvalue weighted by atomic mass is 16.5. The number of fused-ring (bicyclic) bond motifs is 1. The molecule has 1 aliphatic carbocycles. The topological polar surface area (TPSA) is 21.7 Å². The summed E-state index contributed by atoms with van der Waals surface area (Å²) in [5.41, 5.74) is 2.85. The Bertz CT molecular complexity index is 426. The predicted molar refractivity (Wildman–Crippen MR) is 87.5 cm³/mol. The summed E-state index contributed by atoms with van der Waals surface area (Å²) in [5.74, 6) is 1.71. The Morgan fingerprint density at radius 1 is 0.952 bits per heavy atom. The second-order valence-electron chi connectivity index (χ2n) is 5.93. The van der Waals surface area contributed by atoms with E-state index in [4.69, 9.17) is 9.47 Å². The van der Waals surface area contributed by atoms with Crippen LogP contribution in [0.3, 0.4) is 0 Å². The Hall–Kier alpha value is -1.22. The zero-order valence-corrected chi connectivity index (χ0v) is 13.9. The molecule has 1 aromatic carbocycles. The van der Waals surface area contributed by atoms with Gasteiger partial charge in [-0.05, 0) is 62.0 Å². The molecule has 0 unspecified atom stereocenters. The predicted octanol–water partition coefficient (Wildman–Crippen LogP) is 3.68. The van der Waals surface area contributed by atoms with Gasteiger partial charge in [-0.15, -0.1) is 0 Å². The number of unbranched alkanes of at least 4 members (excludes halogenated alkanes) is 1. The lowest BCUT2D eigenvalue weighted by Crippen LogP contribution is -2.37. The molecule has 0 bridgehead atoms. The average molecular weight is 291 g/mol. The maximum Gasteiger partial charge on any atom is 0.161 e. The molecule has 3 heteroatoms. The van der Waals surface area contributed by atoms with E-state index in [1.807, 2.05) is 0 Å². The fourth-order valence-electron chi connectivity index (χ4n) is 3.31. The van der Waals surface area contributed by atoms with Crippen molar-refractivity contribution in [3.05, 3.63) is 23.3 Å². The summed E-state index contributed by atoms with van der Waals surface area (Å²) in [7, 11) is 3.42. The first-order valence-corrected chi connectivity index (χ1v) is 8.21. The number of nitrogens with zero attached hydrogens (tertiary/aromatic N) is 1. The van der Waals surface area contributed by atoms with E-state index < -0.39 is 0 Å². The maximum atomic E-state index is 5.43. The van der Waals surface area contributed by atoms with Gasteiger partial charge < -0.3 is 9.47 Å². The van der Waals surface area contributed by atoms with E-state index in [2.05, 4.69) is 30.9 Å². The highest BCUT2D eigenvalue weighted by Gasteiger charge is 2.27. The first kappa shape index (κ1) is 16.2. The molecule has 1 aliphatic rings. The quantitative estimate of drug-likeness (QED) is 0.729. The lowest BCUT2D eigenvalue weighted by atomic mass is 10.1. The van der Waals surface area contributed by atoms with Gasteiger partial charge in [0.25, 0.3) is 0 Å². The van der Waals surface area contributed by atoms with Crippen LogP contribution in [0.25, 0.3) is 0 Å². The number of methoxy groups -OCH3 is 2. The summed E-state index contributed by atoms with van der Waals surface area (Å²) in [6.45, 7) is 6.96. The van der Waals surface area contributed by atoms with Crippen LogP contribution < -0.4 is 9.47 Å². The number of rotatable bonds is 8. The molecule has 0 aromatic heterocycles. The number of benzene rings is 1. The number of hydrogen-bond acceptors (Lipinski definition) is 3. The Labute approximate surface area is 129 Å². The van der Waals surface area contributed by atoms with Gasteiger partial charge in [0.1, 0.15) is 0 Å². The third kappa shape index (κ3) is 3.70. The van der Waals surface area contributed by atoms with E-state index >= 15 is 0 Å². The molecule has 0 aliphatic heterocycles. The molecule has 3 nitrogen and oxygen atoms in total. The van der Waals surface area contributed by atoms with Gasteiger partial charge in [-0.1, -0.05) is 20.3 Å². The van der Waals surface area contributed by atoms with E-state index in [-0.39, 0.29) is 0 Å². The van der Waals surface area contributed by atoms with Gasteiger partial charge in [-0.3, -0.25) is 4.90 Å². The standard InChI is InChI=1S/C18H29NO2/c1-5-7-9-19(8-6-2)16-10-14-12-17(20-3)18(21-4)13-15(14)11-16/h12-13,16H,5-11H2,1-4H3. The van der Waals surface area contributed by atoms with Crippen molar-refractivity contribution in [2.24, 2.45) is 0 Å². The summed E-state index contributed by atoms with van der Waals surface area (Å²) in [5, 5.41) is 0. The van der Waals surface area contributed by atoms with Gasteiger partial charge in [0.2, 0.25) is 0 Å². The molecule has 0 N–H and O–H groups in total. The monoisotopic (exact) mass is 291 g/mol.